The zero-order valence-electron chi connectivity index (χ0n) is 20.3. The Bertz CT molecular complexity index is 1290. The predicted octanol–water partition coefficient (Wildman–Crippen LogP) is 8.15. The zero-order chi connectivity index (χ0) is 24.2. The van der Waals surface area contributed by atoms with Gasteiger partial charge >= 0.3 is 0 Å². The Morgan fingerprint density at radius 2 is 1.28 bits per heavy atom. The van der Waals surface area contributed by atoms with Gasteiger partial charge in [-0.2, -0.15) is 0 Å². The Morgan fingerprint density at radius 1 is 0.639 bits per heavy atom. The van der Waals surface area contributed by atoms with E-state index in [0.29, 0.717) is 19.3 Å². The van der Waals surface area contributed by atoms with Gasteiger partial charge in [0.15, 0.2) is 0 Å². The maximum absolute atomic E-state index is 6.03. The third-order valence-electron chi connectivity index (χ3n) is 6.88. The lowest BCUT2D eigenvalue weighted by Gasteiger charge is -2.34. The lowest BCUT2D eigenvalue weighted by molar-refractivity contribution is 0.310. The third-order valence-corrected chi connectivity index (χ3v) is 6.88. The summed E-state index contributed by atoms with van der Waals surface area (Å²) in [5, 5.41) is 3.38. The Hall–Kier alpha value is -4.18. The Labute approximate surface area is 212 Å². The molecule has 1 aliphatic carbocycles. The van der Waals surface area contributed by atoms with Crippen LogP contribution in [-0.4, -0.2) is 6.04 Å². The van der Waals surface area contributed by atoms with Gasteiger partial charge in [0.2, 0.25) is 0 Å². The molecule has 3 aliphatic rings. The molecule has 1 atom stereocenters. The third kappa shape index (κ3) is 4.55. The van der Waals surface area contributed by atoms with Gasteiger partial charge in [-0.3, -0.25) is 0 Å². The molecule has 1 unspecified atom stereocenters. The molecule has 0 aromatic heterocycles. The fourth-order valence-corrected chi connectivity index (χ4v) is 5.06. The Kier molecular flexibility index (Phi) is 6.32. The van der Waals surface area contributed by atoms with Crippen LogP contribution < -0.4 is 19.7 Å². The molecule has 4 nitrogen and oxygen atoms in total. The smallest absolute Gasteiger partial charge is 0.143 e. The van der Waals surface area contributed by atoms with Gasteiger partial charge in [-0.05, 0) is 55.7 Å². The molecule has 0 amide bonds. The van der Waals surface area contributed by atoms with Gasteiger partial charge in [0, 0.05) is 22.5 Å². The molecule has 0 bridgehead atoms. The van der Waals surface area contributed by atoms with Crippen LogP contribution in [0.2, 0.25) is 0 Å². The molecule has 7 rings (SSSR count). The maximum Gasteiger partial charge on any atom is 0.143 e. The largest absolute Gasteiger partial charge is 0.487 e. The number of benzene rings is 4. The molecule has 2 heterocycles. The summed E-state index contributed by atoms with van der Waals surface area (Å²) in [6, 6.07) is 33.6. The highest BCUT2D eigenvalue weighted by Crippen LogP contribution is 2.42. The van der Waals surface area contributed by atoms with Crippen molar-refractivity contribution in [3.8, 4) is 11.5 Å². The first kappa shape index (κ1) is 22.3. The molecule has 2 aliphatic heterocycles. The lowest BCUT2D eigenvalue weighted by atomic mass is 9.99. The van der Waals surface area contributed by atoms with E-state index in [-0.39, 0.29) is 0 Å². The molecule has 0 saturated carbocycles. The van der Waals surface area contributed by atoms with Gasteiger partial charge in [0.25, 0.3) is 0 Å². The molecular formula is C32H30N2O2. The molecule has 0 spiro atoms. The van der Waals surface area contributed by atoms with Crippen molar-refractivity contribution in [2.45, 2.75) is 38.5 Å². The summed E-state index contributed by atoms with van der Waals surface area (Å²) in [6.07, 6.45) is 8.31. The van der Waals surface area contributed by atoms with Gasteiger partial charge in [-0.1, -0.05) is 72.8 Å². The number of fused-ring (bicyclic) bond motifs is 4. The number of rotatable bonds is 1. The van der Waals surface area contributed by atoms with Crippen molar-refractivity contribution in [3.63, 3.8) is 0 Å². The average Bonchev–Trinajstić information content (AvgIpc) is 3.24. The van der Waals surface area contributed by atoms with Crippen LogP contribution in [0.3, 0.4) is 0 Å². The predicted molar refractivity (Wildman–Crippen MR) is 147 cm³/mol. The van der Waals surface area contributed by atoms with Crippen LogP contribution in [0, 0.1) is 0 Å². The standard InChI is InChI=1S/C19H19NO.C13H11NO/c1-2-9-16(10-3-1)20-17-11-5-4-8-15(17)14-21-19-13-7-6-12-18(19)20;1-2-6-11-10(5-1)9-15-13-8-4-3-7-12(13)14-11/h2,4-9,11-13,16H,1,3,10,14H2;1-8,14H,9H2. The maximum atomic E-state index is 6.03. The molecule has 180 valence electrons. The first-order valence-corrected chi connectivity index (χ1v) is 12.7. The second-order valence-corrected chi connectivity index (χ2v) is 9.25. The highest BCUT2D eigenvalue weighted by Gasteiger charge is 2.26. The van der Waals surface area contributed by atoms with E-state index in [1.165, 1.54) is 41.8 Å². The summed E-state index contributed by atoms with van der Waals surface area (Å²) in [7, 11) is 0. The fraction of sp³-hybridized carbons (Fsp3) is 0.188. The summed E-state index contributed by atoms with van der Waals surface area (Å²) in [6.45, 7) is 1.26. The normalized spacial score (nSPS) is 17.1. The summed E-state index contributed by atoms with van der Waals surface area (Å²) in [5.74, 6) is 1.89. The van der Waals surface area contributed by atoms with Gasteiger partial charge in [-0.15, -0.1) is 0 Å². The minimum absolute atomic E-state index is 0.419. The summed E-state index contributed by atoms with van der Waals surface area (Å²) >= 11 is 0. The van der Waals surface area contributed by atoms with Gasteiger partial charge in [0.05, 0.1) is 17.4 Å². The van der Waals surface area contributed by atoms with E-state index in [0.717, 1.165) is 22.9 Å². The molecule has 4 aromatic rings. The van der Waals surface area contributed by atoms with Crippen LogP contribution >= 0.6 is 0 Å². The summed E-state index contributed by atoms with van der Waals surface area (Å²) < 4.78 is 11.7. The molecular weight excluding hydrogens is 444 g/mol. The topological polar surface area (TPSA) is 33.7 Å². The Balaban J connectivity index is 0.000000141. The van der Waals surface area contributed by atoms with Crippen molar-refractivity contribution in [2.24, 2.45) is 0 Å². The summed E-state index contributed by atoms with van der Waals surface area (Å²) in [4.78, 5) is 2.45. The molecule has 4 aromatic carbocycles. The van der Waals surface area contributed by atoms with Crippen molar-refractivity contribution in [2.75, 3.05) is 10.2 Å². The lowest BCUT2D eigenvalue weighted by Crippen LogP contribution is -2.30. The quantitative estimate of drug-likeness (QED) is 0.282. The molecule has 4 heteroatoms. The van der Waals surface area contributed by atoms with Gasteiger partial charge < -0.3 is 19.7 Å². The van der Waals surface area contributed by atoms with Crippen molar-refractivity contribution in [1.29, 1.82) is 0 Å². The first-order chi connectivity index (χ1) is 17.9. The highest BCUT2D eigenvalue weighted by molar-refractivity contribution is 5.74. The van der Waals surface area contributed by atoms with Crippen LogP contribution in [-0.2, 0) is 13.2 Å². The van der Waals surface area contributed by atoms with Crippen LogP contribution in [0.5, 0.6) is 11.5 Å². The number of hydrogen-bond acceptors (Lipinski definition) is 4. The number of hydrogen-bond donors (Lipinski definition) is 1. The minimum Gasteiger partial charge on any atom is -0.487 e. The first-order valence-electron chi connectivity index (χ1n) is 12.7. The van der Waals surface area contributed by atoms with E-state index in [9.17, 15) is 0 Å². The van der Waals surface area contributed by atoms with Crippen LogP contribution in [0.25, 0.3) is 0 Å². The number of anilines is 4. The second kappa shape index (κ2) is 10.2. The SMILES string of the molecule is C1=CC(N2c3ccccc3COc3ccccc32)CCC1.c1ccc2c(c1)COc1ccccc1N2. The number of ether oxygens (including phenoxy) is 2. The minimum atomic E-state index is 0.419. The van der Waals surface area contributed by atoms with Gasteiger partial charge in [0.1, 0.15) is 24.7 Å². The van der Waals surface area contributed by atoms with E-state index in [2.05, 4.69) is 77.0 Å². The van der Waals surface area contributed by atoms with Crippen LogP contribution in [0.4, 0.5) is 22.7 Å². The molecule has 0 saturated heterocycles. The van der Waals surface area contributed by atoms with Gasteiger partial charge in [-0.25, -0.2) is 0 Å². The summed E-state index contributed by atoms with van der Waals surface area (Å²) in [5.41, 5.74) is 7.06. The van der Waals surface area contributed by atoms with Crippen molar-refractivity contribution in [1.82, 2.24) is 0 Å². The van der Waals surface area contributed by atoms with E-state index in [1.54, 1.807) is 0 Å². The average molecular weight is 475 g/mol. The number of para-hydroxylation sites is 6. The zero-order valence-corrected chi connectivity index (χ0v) is 20.3. The van der Waals surface area contributed by atoms with Crippen LogP contribution in [0.1, 0.15) is 30.4 Å². The number of nitrogens with one attached hydrogen (secondary N) is 1. The Morgan fingerprint density at radius 3 is 2.11 bits per heavy atom. The molecule has 36 heavy (non-hydrogen) atoms. The van der Waals surface area contributed by atoms with Crippen LogP contribution in [0.15, 0.2) is 109 Å². The molecule has 0 radical (unpaired) electrons. The van der Waals surface area contributed by atoms with Crippen molar-refractivity contribution >= 4 is 22.7 Å². The number of nitrogens with zero attached hydrogens (tertiary/aromatic N) is 1. The van der Waals surface area contributed by atoms with E-state index in [4.69, 9.17) is 9.47 Å². The number of allylic oxidation sites excluding steroid dienone is 1. The highest BCUT2D eigenvalue weighted by atomic mass is 16.5. The van der Waals surface area contributed by atoms with Crippen molar-refractivity contribution < 1.29 is 9.47 Å². The second-order valence-electron chi connectivity index (χ2n) is 9.25. The van der Waals surface area contributed by atoms with Crippen molar-refractivity contribution in [3.05, 3.63) is 120 Å². The van der Waals surface area contributed by atoms with E-state index >= 15 is 0 Å². The molecule has 1 N–H and O–H groups in total. The van der Waals surface area contributed by atoms with E-state index in [1.807, 2.05) is 42.5 Å². The molecule has 0 fully saturated rings. The fourth-order valence-electron chi connectivity index (χ4n) is 5.06. The monoisotopic (exact) mass is 474 g/mol. The van der Waals surface area contributed by atoms with E-state index < -0.39 is 0 Å².